The van der Waals surface area contributed by atoms with Crippen molar-refractivity contribution in [1.29, 1.82) is 0 Å². The molecule has 7 nitrogen and oxygen atoms in total. The van der Waals surface area contributed by atoms with Crippen molar-refractivity contribution in [2.24, 2.45) is 11.8 Å². The molecular weight excluding hydrogens is 332 g/mol. The molecule has 26 heavy (non-hydrogen) atoms. The molecule has 0 aliphatic heterocycles. The smallest absolute Gasteiger partial charge is 0.306 e. The number of hydrogen-bond acceptors (Lipinski definition) is 4. The molecular formula is C19H24N4O3. The van der Waals surface area contributed by atoms with E-state index in [0.29, 0.717) is 12.8 Å². The maximum absolute atomic E-state index is 12.8. The molecule has 3 atom stereocenters. The Hall–Kier alpha value is -2.70. The average Bonchev–Trinajstić information content (AvgIpc) is 3.21. The van der Waals surface area contributed by atoms with E-state index in [1.165, 1.54) is 6.33 Å². The van der Waals surface area contributed by atoms with E-state index in [4.69, 9.17) is 0 Å². The minimum Gasteiger partial charge on any atom is -0.481 e. The molecule has 0 radical (unpaired) electrons. The molecule has 1 fully saturated rings. The zero-order chi connectivity index (χ0) is 18.7. The number of benzene rings is 1. The summed E-state index contributed by atoms with van der Waals surface area (Å²) in [6.07, 6.45) is 5.79. The van der Waals surface area contributed by atoms with Crippen LogP contribution in [0.15, 0.2) is 36.9 Å². The second kappa shape index (κ2) is 7.68. The predicted molar refractivity (Wildman–Crippen MR) is 95.6 cm³/mol. The summed E-state index contributed by atoms with van der Waals surface area (Å²) >= 11 is 0. The van der Waals surface area contributed by atoms with E-state index in [1.54, 1.807) is 23.0 Å². The van der Waals surface area contributed by atoms with Gasteiger partial charge in [0.1, 0.15) is 12.7 Å². The molecule has 0 bridgehead atoms. The molecule has 1 saturated carbocycles. The van der Waals surface area contributed by atoms with Crippen LogP contribution in [0.3, 0.4) is 0 Å². The Labute approximate surface area is 152 Å². The number of carbonyl (C=O) groups excluding carboxylic acids is 1. The van der Waals surface area contributed by atoms with Crippen LogP contribution in [-0.2, 0) is 9.59 Å². The van der Waals surface area contributed by atoms with Gasteiger partial charge in [0.25, 0.3) is 0 Å². The van der Waals surface area contributed by atoms with Gasteiger partial charge in [0, 0.05) is 13.0 Å². The van der Waals surface area contributed by atoms with Crippen LogP contribution in [-0.4, -0.2) is 43.7 Å². The molecule has 1 aromatic carbocycles. The third kappa shape index (κ3) is 3.76. The fourth-order valence-electron chi connectivity index (χ4n) is 3.59. The Balaban J connectivity index is 1.67. The van der Waals surface area contributed by atoms with Crippen molar-refractivity contribution in [2.75, 3.05) is 7.05 Å². The fraction of sp³-hybridized carbons (Fsp3) is 0.474. The highest BCUT2D eigenvalue weighted by atomic mass is 16.4. The third-order valence-corrected chi connectivity index (χ3v) is 5.36. The number of rotatable bonds is 5. The third-order valence-electron chi connectivity index (χ3n) is 5.36. The van der Waals surface area contributed by atoms with E-state index < -0.39 is 11.9 Å². The summed E-state index contributed by atoms with van der Waals surface area (Å²) in [6, 6.07) is 7.76. The number of carboxylic acid groups (broad SMARTS) is 1. The zero-order valence-corrected chi connectivity index (χ0v) is 15.1. The average molecular weight is 356 g/mol. The monoisotopic (exact) mass is 356 g/mol. The first-order valence-corrected chi connectivity index (χ1v) is 8.92. The van der Waals surface area contributed by atoms with E-state index in [9.17, 15) is 14.7 Å². The molecule has 1 amide bonds. The van der Waals surface area contributed by atoms with E-state index in [-0.39, 0.29) is 17.9 Å². The van der Waals surface area contributed by atoms with Gasteiger partial charge in [-0.25, -0.2) is 9.67 Å². The zero-order valence-electron chi connectivity index (χ0n) is 15.1. The quantitative estimate of drug-likeness (QED) is 0.890. The van der Waals surface area contributed by atoms with E-state index in [2.05, 4.69) is 10.1 Å². The van der Waals surface area contributed by atoms with Gasteiger partial charge in [-0.15, -0.1) is 0 Å². The molecule has 1 aromatic heterocycles. The highest BCUT2D eigenvalue weighted by molar-refractivity contribution is 5.80. The van der Waals surface area contributed by atoms with Crippen LogP contribution in [0, 0.1) is 11.8 Å². The Morgan fingerprint density at radius 2 is 1.92 bits per heavy atom. The van der Waals surface area contributed by atoms with E-state index in [1.807, 2.05) is 31.2 Å². The summed E-state index contributed by atoms with van der Waals surface area (Å²) in [4.78, 5) is 29.8. The van der Waals surface area contributed by atoms with Gasteiger partial charge in [0.2, 0.25) is 5.91 Å². The molecule has 0 saturated heterocycles. The second-order valence-corrected chi connectivity index (χ2v) is 6.96. The normalized spacial score (nSPS) is 21.2. The number of nitrogens with zero attached hydrogens (tertiary/aromatic N) is 4. The van der Waals surface area contributed by atoms with Crippen molar-refractivity contribution >= 4 is 11.9 Å². The fourth-order valence-corrected chi connectivity index (χ4v) is 3.59. The summed E-state index contributed by atoms with van der Waals surface area (Å²) in [5.41, 5.74) is 1.93. The Morgan fingerprint density at radius 3 is 2.54 bits per heavy atom. The number of aromatic nitrogens is 3. The van der Waals surface area contributed by atoms with Gasteiger partial charge in [0.05, 0.1) is 17.6 Å². The lowest BCUT2D eigenvalue weighted by Gasteiger charge is -2.32. The van der Waals surface area contributed by atoms with Gasteiger partial charge in [-0.3, -0.25) is 9.59 Å². The van der Waals surface area contributed by atoms with Crippen molar-refractivity contribution in [3.63, 3.8) is 0 Å². The number of carbonyl (C=O) groups is 2. The highest BCUT2D eigenvalue weighted by Crippen LogP contribution is 2.32. The summed E-state index contributed by atoms with van der Waals surface area (Å²) in [6.45, 7) is 1.99. The Kier molecular flexibility index (Phi) is 5.35. The van der Waals surface area contributed by atoms with Gasteiger partial charge in [-0.1, -0.05) is 18.6 Å². The first-order chi connectivity index (χ1) is 12.5. The number of carboxylic acids is 1. The first kappa shape index (κ1) is 18.1. The molecule has 0 spiro atoms. The summed E-state index contributed by atoms with van der Waals surface area (Å²) in [5.74, 6) is -1.36. The molecule has 3 unspecified atom stereocenters. The van der Waals surface area contributed by atoms with E-state index in [0.717, 1.165) is 24.1 Å². The maximum atomic E-state index is 12.8. The molecule has 2 aromatic rings. The Bertz CT molecular complexity index is 758. The van der Waals surface area contributed by atoms with Crippen LogP contribution in [0.25, 0.3) is 5.69 Å². The number of amides is 1. The lowest BCUT2D eigenvalue weighted by atomic mass is 9.80. The number of aliphatic carboxylic acids is 1. The van der Waals surface area contributed by atoms with Crippen LogP contribution in [0.4, 0.5) is 0 Å². The molecule has 1 N–H and O–H groups in total. The van der Waals surface area contributed by atoms with Gasteiger partial charge in [-0.2, -0.15) is 5.10 Å². The van der Waals surface area contributed by atoms with Crippen molar-refractivity contribution in [2.45, 2.75) is 38.6 Å². The van der Waals surface area contributed by atoms with Crippen molar-refractivity contribution in [3.8, 4) is 5.69 Å². The Morgan fingerprint density at radius 1 is 1.23 bits per heavy atom. The summed E-state index contributed by atoms with van der Waals surface area (Å²) < 4.78 is 1.68. The van der Waals surface area contributed by atoms with Crippen molar-refractivity contribution < 1.29 is 14.7 Å². The van der Waals surface area contributed by atoms with E-state index >= 15 is 0 Å². The summed E-state index contributed by atoms with van der Waals surface area (Å²) in [7, 11) is 1.79. The first-order valence-electron chi connectivity index (χ1n) is 8.92. The second-order valence-electron chi connectivity index (χ2n) is 6.96. The van der Waals surface area contributed by atoms with Gasteiger partial charge >= 0.3 is 5.97 Å². The molecule has 1 heterocycles. The highest BCUT2D eigenvalue weighted by Gasteiger charge is 2.33. The van der Waals surface area contributed by atoms with Gasteiger partial charge in [-0.05, 0) is 43.9 Å². The van der Waals surface area contributed by atoms with Crippen LogP contribution in [0.2, 0.25) is 0 Å². The van der Waals surface area contributed by atoms with Crippen molar-refractivity contribution in [3.05, 3.63) is 42.5 Å². The standard InChI is InChI=1S/C19H24N4O3/c1-13(14-6-8-17(9-7-14)23-12-20-11-21-23)22(2)18(24)15-4-3-5-16(10-15)19(25)26/h6-9,11-13,15-16H,3-5,10H2,1-2H3,(H,25,26). The van der Waals surface area contributed by atoms with Crippen molar-refractivity contribution in [1.82, 2.24) is 19.7 Å². The SMILES string of the molecule is CC(c1ccc(-n2cncn2)cc1)N(C)C(=O)C1CCCC(C(=O)O)C1. The predicted octanol–water partition coefficient (Wildman–Crippen LogP) is 2.68. The lowest BCUT2D eigenvalue weighted by molar-refractivity contribution is -0.145. The molecule has 3 rings (SSSR count). The largest absolute Gasteiger partial charge is 0.481 e. The molecule has 1 aliphatic rings. The molecule has 138 valence electrons. The summed E-state index contributed by atoms with van der Waals surface area (Å²) in [5, 5.41) is 13.3. The maximum Gasteiger partial charge on any atom is 0.306 e. The van der Waals surface area contributed by atoms with Crippen LogP contribution < -0.4 is 0 Å². The number of hydrogen-bond donors (Lipinski definition) is 1. The van der Waals surface area contributed by atoms with Gasteiger partial charge < -0.3 is 10.0 Å². The van der Waals surface area contributed by atoms with Gasteiger partial charge in [0.15, 0.2) is 0 Å². The van der Waals surface area contributed by atoms with Crippen LogP contribution >= 0.6 is 0 Å². The molecule has 7 heteroatoms. The minimum atomic E-state index is -0.790. The topological polar surface area (TPSA) is 88.3 Å². The lowest BCUT2D eigenvalue weighted by Crippen LogP contribution is -2.38. The van der Waals surface area contributed by atoms with Crippen LogP contribution in [0.5, 0.6) is 0 Å². The minimum absolute atomic E-state index is 0.0313. The molecule has 1 aliphatic carbocycles. The van der Waals surface area contributed by atoms with Crippen LogP contribution in [0.1, 0.15) is 44.2 Å².